The molecule has 0 aromatic carbocycles. The molecular weight excluding hydrogens is 176 g/mol. The smallest absolute Gasteiger partial charge is 0.441 e. The Morgan fingerprint density at radius 2 is 2.23 bits per heavy atom. The van der Waals surface area contributed by atoms with E-state index in [1.165, 1.54) is 0 Å². The summed E-state index contributed by atoms with van der Waals surface area (Å²) in [5.74, 6) is -0.883. The highest BCUT2D eigenvalue weighted by Crippen LogP contribution is 2.07. The van der Waals surface area contributed by atoms with Crippen LogP contribution in [0.2, 0.25) is 0 Å². The van der Waals surface area contributed by atoms with Crippen molar-refractivity contribution in [3.8, 4) is 0 Å². The molecule has 0 spiro atoms. The molecule has 0 unspecified atom stereocenters. The fourth-order valence-electron chi connectivity index (χ4n) is 0.587. The molecule has 0 N–H and O–H groups in total. The molecule has 0 fully saturated rings. The lowest BCUT2D eigenvalue weighted by Crippen LogP contribution is -2.26. The maximum Gasteiger partial charge on any atom is 0.460 e. The number of hydrogen-bond donors (Lipinski definition) is 0. The minimum Gasteiger partial charge on any atom is -0.441 e. The SMILES string of the molecule is CC(C)(C)OC(=O)n1[c]nc(=O)o1. The van der Waals surface area contributed by atoms with Crippen molar-refractivity contribution in [3.05, 3.63) is 16.9 Å². The maximum absolute atomic E-state index is 11.1. The number of carbonyl (C=O) groups excluding carboxylic acids is 1. The van der Waals surface area contributed by atoms with Crippen molar-refractivity contribution < 1.29 is 14.1 Å². The first-order chi connectivity index (χ1) is 5.88. The Labute approximate surface area is 74.1 Å². The van der Waals surface area contributed by atoms with Crippen LogP contribution in [0.15, 0.2) is 9.32 Å². The Morgan fingerprint density at radius 3 is 2.62 bits per heavy atom. The zero-order valence-corrected chi connectivity index (χ0v) is 7.53. The molecule has 0 bridgehead atoms. The average molecular weight is 185 g/mol. The second kappa shape index (κ2) is 3.04. The van der Waals surface area contributed by atoms with Gasteiger partial charge in [-0.1, -0.05) is 4.74 Å². The molecule has 1 aromatic heterocycles. The van der Waals surface area contributed by atoms with Gasteiger partial charge in [0.2, 0.25) is 6.33 Å². The van der Waals surface area contributed by atoms with E-state index in [1.807, 2.05) is 6.33 Å². The van der Waals surface area contributed by atoms with Crippen LogP contribution >= 0.6 is 0 Å². The summed E-state index contributed by atoms with van der Waals surface area (Å²) < 4.78 is 9.69. The molecule has 0 aliphatic rings. The van der Waals surface area contributed by atoms with Crippen molar-refractivity contribution in [1.82, 2.24) is 9.72 Å². The van der Waals surface area contributed by atoms with E-state index in [2.05, 4.69) is 9.51 Å². The minimum absolute atomic E-state index is 0.521. The molecule has 0 saturated carbocycles. The minimum atomic E-state index is -0.883. The number of hydrogen-bond acceptors (Lipinski definition) is 5. The third-order valence-corrected chi connectivity index (χ3v) is 0.961. The van der Waals surface area contributed by atoms with Gasteiger partial charge in [-0.05, 0) is 20.8 Å². The zero-order valence-electron chi connectivity index (χ0n) is 7.53. The summed E-state index contributed by atoms with van der Waals surface area (Å²) in [6.45, 7) is 5.08. The summed E-state index contributed by atoms with van der Waals surface area (Å²) in [6, 6.07) is 0. The Hall–Kier alpha value is -1.59. The van der Waals surface area contributed by atoms with E-state index in [9.17, 15) is 9.59 Å². The van der Waals surface area contributed by atoms with Gasteiger partial charge in [0.15, 0.2) is 0 Å². The van der Waals surface area contributed by atoms with E-state index in [4.69, 9.17) is 4.74 Å². The Balaban J connectivity index is 2.75. The van der Waals surface area contributed by atoms with Gasteiger partial charge in [0.25, 0.3) is 0 Å². The van der Waals surface area contributed by atoms with Gasteiger partial charge in [-0.2, -0.15) is 0 Å². The van der Waals surface area contributed by atoms with Gasteiger partial charge >= 0.3 is 11.8 Å². The molecule has 1 heterocycles. The van der Waals surface area contributed by atoms with Crippen LogP contribution in [0.4, 0.5) is 4.79 Å². The van der Waals surface area contributed by atoms with Crippen LogP contribution < -0.4 is 5.76 Å². The van der Waals surface area contributed by atoms with E-state index in [0.717, 1.165) is 0 Å². The molecule has 6 heteroatoms. The lowest BCUT2D eigenvalue weighted by Gasteiger charge is -2.17. The van der Waals surface area contributed by atoms with Crippen molar-refractivity contribution in [2.45, 2.75) is 26.4 Å². The number of rotatable bonds is 0. The van der Waals surface area contributed by atoms with Crippen LogP contribution in [-0.2, 0) is 4.74 Å². The molecule has 1 rings (SSSR count). The van der Waals surface area contributed by atoms with Crippen molar-refractivity contribution in [3.63, 3.8) is 0 Å². The Morgan fingerprint density at radius 1 is 1.62 bits per heavy atom. The molecule has 1 radical (unpaired) electrons. The summed E-state index contributed by atoms with van der Waals surface area (Å²) in [5.41, 5.74) is -0.645. The predicted molar refractivity (Wildman–Crippen MR) is 41.2 cm³/mol. The van der Waals surface area contributed by atoms with Crippen molar-refractivity contribution in [2.24, 2.45) is 0 Å². The van der Waals surface area contributed by atoms with Gasteiger partial charge in [-0.25, -0.2) is 9.59 Å². The molecule has 0 aliphatic carbocycles. The van der Waals surface area contributed by atoms with Gasteiger partial charge in [-0.3, -0.25) is 0 Å². The molecule has 0 aliphatic heterocycles. The zero-order chi connectivity index (χ0) is 10.1. The third kappa shape index (κ3) is 2.73. The average Bonchev–Trinajstić information content (AvgIpc) is 2.31. The molecule has 71 valence electrons. The molecule has 0 atom stereocenters. The predicted octanol–water partition coefficient (Wildman–Crippen LogP) is 0.420. The molecule has 13 heavy (non-hydrogen) atoms. The number of aromatic nitrogens is 2. The topological polar surface area (TPSA) is 74.3 Å². The fraction of sp³-hybridized carbons (Fsp3) is 0.571. The second-order valence-electron chi connectivity index (χ2n) is 3.34. The maximum atomic E-state index is 11.1. The van der Waals surface area contributed by atoms with Crippen LogP contribution in [-0.4, -0.2) is 21.4 Å². The quantitative estimate of drug-likeness (QED) is 0.585. The summed E-state index contributed by atoms with van der Waals surface area (Å²) in [6.07, 6.45) is 1.22. The molecule has 0 saturated heterocycles. The van der Waals surface area contributed by atoms with Crippen LogP contribution in [0.25, 0.3) is 0 Å². The van der Waals surface area contributed by atoms with Crippen LogP contribution in [0.5, 0.6) is 0 Å². The monoisotopic (exact) mass is 185 g/mol. The molecular formula is C7H9N2O4. The van der Waals surface area contributed by atoms with Crippen molar-refractivity contribution in [1.29, 1.82) is 0 Å². The summed E-state index contributed by atoms with van der Waals surface area (Å²) in [4.78, 5) is 24.6. The fourth-order valence-corrected chi connectivity index (χ4v) is 0.587. The Bertz CT molecular complexity index is 357. The lowest BCUT2D eigenvalue weighted by molar-refractivity contribution is 0.0374. The highest BCUT2D eigenvalue weighted by Gasteiger charge is 2.19. The molecule has 6 nitrogen and oxygen atoms in total. The first-order valence-electron chi connectivity index (χ1n) is 3.60. The number of ether oxygens (including phenoxy) is 1. The van der Waals surface area contributed by atoms with Gasteiger partial charge in [0.05, 0.1) is 0 Å². The van der Waals surface area contributed by atoms with Gasteiger partial charge in [0, 0.05) is 0 Å². The summed E-state index contributed by atoms with van der Waals surface area (Å²) >= 11 is 0. The Kier molecular flexibility index (Phi) is 2.22. The van der Waals surface area contributed by atoms with Gasteiger partial charge in [0.1, 0.15) is 5.60 Å². The van der Waals surface area contributed by atoms with Crippen LogP contribution in [0.3, 0.4) is 0 Å². The van der Waals surface area contributed by atoms with E-state index in [-0.39, 0.29) is 0 Å². The normalized spacial score (nSPS) is 11.3. The van der Waals surface area contributed by atoms with E-state index in [0.29, 0.717) is 4.74 Å². The lowest BCUT2D eigenvalue weighted by atomic mass is 10.2. The van der Waals surface area contributed by atoms with E-state index < -0.39 is 17.5 Å². The number of carbonyl (C=O) groups is 1. The summed E-state index contributed by atoms with van der Waals surface area (Å²) in [5, 5.41) is 0. The van der Waals surface area contributed by atoms with Crippen molar-refractivity contribution >= 4 is 6.09 Å². The van der Waals surface area contributed by atoms with Gasteiger partial charge in [-0.15, -0.1) is 4.98 Å². The second-order valence-corrected chi connectivity index (χ2v) is 3.34. The first kappa shape index (κ1) is 9.50. The molecule has 0 amide bonds. The van der Waals surface area contributed by atoms with Crippen LogP contribution in [0, 0.1) is 6.33 Å². The highest BCUT2D eigenvalue weighted by atomic mass is 16.6. The van der Waals surface area contributed by atoms with E-state index in [1.54, 1.807) is 20.8 Å². The van der Waals surface area contributed by atoms with Crippen LogP contribution in [0.1, 0.15) is 20.8 Å². The highest BCUT2D eigenvalue weighted by molar-refractivity contribution is 5.68. The standard InChI is InChI=1S/C7H9N2O4/c1-7(2,3)12-6(11)9-4-8-5(10)13-9/h1-3H3. The summed E-state index contributed by atoms with van der Waals surface area (Å²) in [7, 11) is 0. The molecule has 1 aromatic rings. The van der Waals surface area contributed by atoms with Gasteiger partial charge < -0.3 is 9.26 Å². The van der Waals surface area contributed by atoms with Crippen molar-refractivity contribution in [2.75, 3.05) is 0 Å². The first-order valence-corrected chi connectivity index (χ1v) is 3.60. The third-order valence-electron chi connectivity index (χ3n) is 0.961. The van der Waals surface area contributed by atoms with E-state index >= 15 is 0 Å². The number of nitrogens with zero attached hydrogens (tertiary/aromatic N) is 2. The largest absolute Gasteiger partial charge is 0.460 e.